The molecule has 0 radical (unpaired) electrons. The van der Waals surface area contributed by atoms with Gasteiger partial charge in [-0.2, -0.15) is 4.31 Å². The van der Waals surface area contributed by atoms with Crippen LogP contribution in [0.3, 0.4) is 0 Å². The molecule has 33 heavy (non-hydrogen) atoms. The van der Waals surface area contributed by atoms with Crippen LogP contribution in [0.4, 0.5) is 5.69 Å². The first kappa shape index (κ1) is 22.7. The molecule has 2 saturated heterocycles. The van der Waals surface area contributed by atoms with Gasteiger partial charge in [-0.15, -0.1) is 0 Å². The van der Waals surface area contributed by atoms with Crippen LogP contribution >= 0.6 is 11.6 Å². The Morgan fingerprint density at radius 1 is 0.848 bits per heavy atom. The third-order valence-corrected chi connectivity index (χ3v) is 9.44. The Kier molecular flexibility index (Phi) is 6.38. The lowest BCUT2D eigenvalue weighted by molar-refractivity contribution is -0.137. The van der Waals surface area contributed by atoms with Crippen molar-refractivity contribution < 1.29 is 13.2 Å². The van der Waals surface area contributed by atoms with E-state index in [0.29, 0.717) is 43.9 Å². The van der Waals surface area contributed by atoms with Gasteiger partial charge >= 0.3 is 0 Å². The van der Waals surface area contributed by atoms with Gasteiger partial charge in [0, 0.05) is 55.9 Å². The third-order valence-electron chi connectivity index (χ3n) is 7.29. The van der Waals surface area contributed by atoms with Gasteiger partial charge in [0.2, 0.25) is 15.9 Å². The van der Waals surface area contributed by atoms with Crippen molar-refractivity contribution in [3.63, 3.8) is 0 Å². The largest absolute Gasteiger partial charge is 0.368 e. The first-order valence-corrected chi connectivity index (χ1v) is 13.6. The maximum atomic E-state index is 13.2. The minimum absolute atomic E-state index is 0.0986. The van der Waals surface area contributed by atoms with Crippen molar-refractivity contribution in [2.24, 2.45) is 5.92 Å². The lowest BCUT2D eigenvalue weighted by Crippen LogP contribution is -2.52. The van der Waals surface area contributed by atoms with Gasteiger partial charge in [-0.1, -0.05) is 17.7 Å². The molecule has 2 aliphatic heterocycles. The van der Waals surface area contributed by atoms with Crippen molar-refractivity contribution >= 4 is 33.2 Å². The van der Waals surface area contributed by atoms with Gasteiger partial charge in [0.1, 0.15) is 0 Å². The second-order valence-corrected chi connectivity index (χ2v) is 11.6. The average molecular weight is 488 g/mol. The van der Waals surface area contributed by atoms with Crippen LogP contribution in [0.25, 0.3) is 0 Å². The molecular formula is C25H30ClN3O3S. The summed E-state index contributed by atoms with van der Waals surface area (Å²) in [5, 5.41) is 0.720. The monoisotopic (exact) mass is 487 g/mol. The zero-order valence-electron chi connectivity index (χ0n) is 18.7. The average Bonchev–Trinajstić information content (AvgIpc) is 3.32. The number of aryl methyl sites for hydroxylation is 2. The molecule has 1 amide bonds. The van der Waals surface area contributed by atoms with Crippen molar-refractivity contribution in [2.45, 2.75) is 37.0 Å². The Labute approximate surface area is 201 Å². The highest BCUT2D eigenvalue weighted by Gasteiger charge is 2.35. The summed E-state index contributed by atoms with van der Waals surface area (Å²) in [6, 6.07) is 13.4. The van der Waals surface area contributed by atoms with Crippen LogP contribution in [-0.2, 0) is 27.7 Å². The molecule has 0 bridgehead atoms. The van der Waals surface area contributed by atoms with Crippen molar-refractivity contribution in [3.8, 4) is 0 Å². The number of carbonyl (C=O) groups is 1. The van der Waals surface area contributed by atoms with E-state index in [9.17, 15) is 13.2 Å². The second kappa shape index (κ2) is 9.28. The molecule has 3 aliphatic rings. The molecule has 0 unspecified atom stereocenters. The van der Waals surface area contributed by atoms with Crippen LogP contribution in [0.2, 0.25) is 5.02 Å². The molecule has 0 N–H and O–H groups in total. The van der Waals surface area contributed by atoms with Gasteiger partial charge in [-0.05, 0) is 79.6 Å². The maximum Gasteiger partial charge on any atom is 0.243 e. The third kappa shape index (κ3) is 4.63. The molecule has 0 atom stereocenters. The van der Waals surface area contributed by atoms with E-state index in [1.165, 1.54) is 11.1 Å². The summed E-state index contributed by atoms with van der Waals surface area (Å²) in [5.74, 6) is 0.0684. The molecule has 2 heterocycles. The van der Waals surface area contributed by atoms with Crippen molar-refractivity contribution in [1.29, 1.82) is 0 Å². The van der Waals surface area contributed by atoms with Crippen LogP contribution in [-0.4, -0.2) is 62.8 Å². The Hall–Kier alpha value is -2.09. The highest BCUT2D eigenvalue weighted by molar-refractivity contribution is 7.89. The van der Waals surface area contributed by atoms with Crippen LogP contribution in [0, 0.1) is 5.92 Å². The fraction of sp³-hybridized carbons (Fsp3) is 0.480. The highest BCUT2D eigenvalue weighted by Crippen LogP contribution is 2.29. The topological polar surface area (TPSA) is 60.9 Å². The van der Waals surface area contributed by atoms with Crippen molar-refractivity contribution in [3.05, 3.63) is 58.6 Å². The Morgan fingerprint density at radius 2 is 1.52 bits per heavy atom. The SMILES string of the molecule is O=C(C1CCN(S(=O)(=O)c2ccc3c(c2)CCC3)CC1)N1CCN(c2ccc(Cl)cc2)CC1. The number of anilines is 1. The van der Waals surface area contributed by atoms with Gasteiger partial charge in [-0.25, -0.2) is 8.42 Å². The van der Waals surface area contributed by atoms with Gasteiger partial charge in [0.25, 0.3) is 0 Å². The minimum Gasteiger partial charge on any atom is -0.368 e. The molecule has 1 aliphatic carbocycles. The summed E-state index contributed by atoms with van der Waals surface area (Å²) in [5.41, 5.74) is 3.56. The standard InChI is InChI=1S/C25H30ClN3O3S/c26-22-5-7-23(8-6-22)27-14-16-28(17-15-27)25(30)20-10-12-29(13-11-20)33(31,32)24-9-4-19-2-1-3-21(19)18-24/h4-9,18,20H,1-3,10-17H2. The first-order valence-electron chi connectivity index (χ1n) is 11.8. The molecule has 0 aromatic heterocycles. The zero-order valence-corrected chi connectivity index (χ0v) is 20.3. The smallest absolute Gasteiger partial charge is 0.243 e. The Balaban J connectivity index is 1.16. The van der Waals surface area contributed by atoms with Crippen molar-refractivity contribution in [2.75, 3.05) is 44.2 Å². The Morgan fingerprint density at radius 3 is 2.21 bits per heavy atom. The summed E-state index contributed by atoms with van der Waals surface area (Å²) in [7, 11) is -3.51. The lowest BCUT2D eigenvalue weighted by Gasteiger charge is -2.39. The number of nitrogens with zero attached hydrogens (tertiary/aromatic N) is 3. The number of sulfonamides is 1. The Bertz CT molecular complexity index is 1120. The van der Waals surface area contributed by atoms with E-state index >= 15 is 0 Å². The van der Waals surface area contributed by atoms with Gasteiger partial charge in [-0.3, -0.25) is 4.79 Å². The van der Waals surface area contributed by atoms with Crippen LogP contribution < -0.4 is 4.90 Å². The number of hydrogen-bond acceptors (Lipinski definition) is 4. The number of piperazine rings is 1. The molecule has 0 saturated carbocycles. The minimum atomic E-state index is -3.51. The summed E-state index contributed by atoms with van der Waals surface area (Å²) >= 11 is 5.98. The molecule has 2 aromatic carbocycles. The maximum absolute atomic E-state index is 13.2. The zero-order chi connectivity index (χ0) is 23.0. The molecule has 176 valence electrons. The van der Waals surface area contributed by atoms with E-state index in [0.717, 1.165) is 43.1 Å². The van der Waals surface area contributed by atoms with Gasteiger partial charge in [0.05, 0.1) is 4.90 Å². The fourth-order valence-electron chi connectivity index (χ4n) is 5.30. The van der Waals surface area contributed by atoms with Gasteiger partial charge in [0.15, 0.2) is 0 Å². The first-order chi connectivity index (χ1) is 15.9. The molecular weight excluding hydrogens is 458 g/mol. The highest BCUT2D eigenvalue weighted by atomic mass is 35.5. The van der Waals surface area contributed by atoms with E-state index < -0.39 is 10.0 Å². The molecule has 8 heteroatoms. The number of hydrogen-bond donors (Lipinski definition) is 0. The number of fused-ring (bicyclic) bond motifs is 1. The number of rotatable bonds is 4. The normalized spacial score (nSPS) is 20.2. The number of piperidine rings is 1. The van der Waals surface area contributed by atoms with E-state index in [4.69, 9.17) is 11.6 Å². The summed E-state index contributed by atoms with van der Waals surface area (Å²) in [6.45, 7) is 3.77. The predicted molar refractivity (Wildman–Crippen MR) is 130 cm³/mol. The molecule has 2 fully saturated rings. The number of amides is 1. The fourth-order valence-corrected chi connectivity index (χ4v) is 6.94. The summed E-state index contributed by atoms with van der Waals surface area (Å²) < 4.78 is 27.9. The summed E-state index contributed by atoms with van der Waals surface area (Å²) in [4.78, 5) is 17.7. The predicted octanol–water partition coefficient (Wildman–Crippen LogP) is 3.58. The molecule has 5 rings (SSSR count). The van der Waals surface area contributed by atoms with Crippen LogP contribution in [0.15, 0.2) is 47.4 Å². The second-order valence-electron chi connectivity index (χ2n) is 9.25. The quantitative estimate of drug-likeness (QED) is 0.661. The number of carbonyl (C=O) groups excluding carboxylic acids is 1. The molecule has 2 aromatic rings. The van der Waals surface area contributed by atoms with Crippen LogP contribution in [0.1, 0.15) is 30.4 Å². The number of benzene rings is 2. The molecule has 6 nitrogen and oxygen atoms in total. The van der Waals surface area contributed by atoms with Crippen LogP contribution in [0.5, 0.6) is 0 Å². The van der Waals surface area contributed by atoms with Gasteiger partial charge < -0.3 is 9.80 Å². The number of halogens is 1. The summed E-state index contributed by atoms with van der Waals surface area (Å²) in [6.07, 6.45) is 4.26. The van der Waals surface area contributed by atoms with E-state index in [2.05, 4.69) is 4.90 Å². The van der Waals surface area contributed by atoms with E-state index in [-0.39, 0.29) is 11.8 Å². The molecule has 0 spiro atoms. The van der Waals surface area contributed by atoms with E-state index in [1.807, 2.05) is 41.3 Å². The lowest BCUT2D eigenvalue weighted by atomic mass is 9.96. The van der Waals surface area contributed by atoms with E-state index in [1.54, 1.807) is 10.4 Å². The van der Waals surface area contributed by atoms with Crippen molar-refractivity contribution in [1.82, 2.24) is 9.21 Å².